The highest BCUT2D eigenvalue weighted by Gasteiger charge is 2.25. The summed E-state index contributed by atoms with van der Waals surface area (Å²) < 4.78 is 2.09. The summed E-state index contributed by atoms with van der Waals surface area (Å²) in [5.74, 6) is 0.803. The highest BCUT2D eigenvalue weighted by atomic mass is 15.2. The molecule has 1 fully saturated rings. The number of likely N-dealkylation sites (tertiary alicyclic amines) is 1. The lowest BCUT2D eigenvalue weighted by molar-refractivity contribution is 0.138. The fraction of sp³-hybridized carbons (Fsp3) is 0.421. The van der Waals surface area contributed by atoms with Crippen LogP contribution in [0.2, 0.25) is 0 Å². The molecule has 24 heavy (non-hydrogen) atoms. The molecule has 1 aliphatic rings. The molecule has 0 radical (unpaired) electrons. The third-order valence-corrected chi connectivity index (χ3v) is 4.86. The van der Waals surface area contributed by atoms with Crippen molar-refractivity contribution in [3.63, 3.8) is 0 Å². The third-order valence-electron chi connectivity index (χ3n) is 4.86. The molecule has 124 valence electrons. The SMILES string of the molecule is Cc1cc(C)n2cc(CN3CCCCC3c3cccnc3)nc2n1. The minimum absolute atomic E-state index is 0.438. The molecule has 0 aromatic carbocycles. The van der Waals surface area contributed by atoms with Crippen LogP contribution in [0, 0.1) is 13.8 Å². The Morgan fingerprint density at radius 1 is 1.21 bits per heavy atom. The minimum atomic E-state index is 0.438. The second kappa shape index (κ2) is 6.32. The lowest BCUT2D eigenvalue weighted by Crippen LogP contribution is -2.33. The first-order valence-corrected chi connectivity index (χ1v) is 8.67. The average molecular weight is 321 g/mol. The van der Waals surface area contributed by atoms with Crippen molar-refractivity contribution in [3.05, 3.63) is 59.4 Å². The molecule has 4 rings (SSSR count). The molecule has 1 unspecified atom stereocenters. The van der Waals surface area contributed by atoms with Gasteiger partial charge in [0.25, 0.3) is 0 Å². The van der Waals surface area contributed by atoms with Crippen LogP contribution >= 0.6 is 0 Å². The summed E-state index contributed by atoms with van der Waals surface area (Å²) >= 11 is 0. The normalized spacial score (nSPS) is 19.0. The van der Waals surface area contributed by atoms with E-state index >= 15 is 0 Å². The number of piperidine rings is 1. The van der Waals surface area contributed by atoms with E-state index in [4.69, 9.17) is 4.98 Å². The van der Waals surface area contributed by atoms with Crippen LogP contribution < -0.4 is 0 Å². The predicted octanol–water partition coefficient (Wildman–Crippen LogP) is 3.47. The number of nitrogens with zero attached hydrogens (tertiary/aromatic N) is 5. The molecule has 0 spiro atoms. The molecule has 1 saturated heterocycles. The van der Waals surface area contributed by atoms with Gasteiger partial charge in [-0.25, -0.2) is 9.97 Å². The summed E-state index contributed by atoms with van der Waals surface area (Å²) in [6, 6.07) is 6.75. The van der Waals surface area contributed by atoms with Crippen molar-refractivity contribution in [1.82, 2.24) is 24.3 Å². The molecule has 1 atom stereocenters. The summed E-state index contributed by atoms with van der Waals surface area (Å²) in [5, 5.41) is 0. The highest BCUT2D eigenvalue weighted by Crippen LogP contribution is 2.31. The van der Waals surface area contributed by atoms with Gasteiger partial charge in [0, 0.05) is 42.6 Å². The Morgan fingerprint density at radius 3 is 2.96 bits per heavy atom. The fourth-order valence-electron chi connectivity index (χ4n) is 3.73. The lowest BCUT2D eigenvalue weighted by Gasteiger charge is -2.35. The molecule has 5 nitrogen and oxygen atoms in total. The van der Waals surface area contributed by atoms with Crippen LogP contribution in [0.1, 0.15) is 47.9 Å². The zero-order valence-corrected chi connectivity index (χ0v) is 14.3. The molecule has 0 saturated carbocycles. The summed E-state index contributed by atoms with van der Waals surface area (Å²) in [5.41, 5.74) is 4.60. The quantitative estimate of drug-likeness (QED) is 0.741. The second-order valence-electron chi connectivity index (χ2n) is 6.71. The first kappa shape index (κ1) is 15.3. The van der Waals surface area contributed by atoms with E-state index in [1.54, 1.807) is 0 Å². The fourth-order valence-corrected chi connectivity index (χ4v) is 3.73. The number of imidazole rings is 1. The number of hydrogen-bond acceptors (Lipinski definition) is 4. The van der Waals surface area contributed by atoms with Crippen LogP contribution in [0.25, 0.3) is 5.78 Å². The number of hydrogen-bond donors (Lipinski definition) is 0. The van der Waals surface area contributed by atoms with Gasteiger partial charge < -0.3 is 0 Å². The first-order valence-electron chi connectivity index (χ1n) is 8.67. The number of fused-ring (bicyclic) bond motifs is 1. The van der Waals surface area contributed by atoms with Gasteiger partial charge in [0.2, 0.25) is 5.78 Å². The maximum atomic E-state index is 4.75. The largest absolute Gasteiger partial charge is 0.290 e. The number of aryl methyl sites for hydroxylation is 2. The molecule has 0 amide bonds. The maximum absolute atomic E-state index is 4.75. The predicted molar refractivity (Wildman–Crippen MR) is 93.7 cm³/mol. The van der Waals surface area contributed by atoms with Gasteiger partial charge >= 0.3 is 0 Å². The number of rotatable bonds is 3. The van der Waals surface area contributed by atoms with Crippen LogP contribution in [-0.4, -0.2) is 30.8 Å². The van der Waals surface area contributed by atoms with Crippen LogP contribution in [0.4, 0.5) is 0 Å². The van der Waals surface area contributed by atoms with Gasteiger partial charge in [0.15, 0.2) is 0 Å². The van der Waals surface area contributed by atoms with Gasteiger partial charge in [-0.1, -0.05) is 12.5 Å². The van der Waals surface area contributed by atoms with Crippen molar-refractivity contribution < 1.29 is 0 Å². The Morgan fingerprint density at radius 2 is 2.12 bits per heavy atom. The molecule has 3 aromatic rings. The summed E-state index contributed by atoms with van der Waals surface area (Å²) in [6.45, 7) is 6.09. The van der Waals surface area contributed by atoms with Crippen molar-refractivity contribution in [2.75, 3.05) is 6.54 Å². The van der Waals surface area contributed by atoms with Gasteiger partial charge in [-0.3, -0.25) is 14.3 Å². The average Bonchev–Trinajstić information content (AvgIpc) is 2.99. The standard InChI is InChI=1S/C19H23N5/c1-14-10-15(2)24-13-17(22-19(24)21-14)12-23-9-4-3-7-18(23)16-6-5-8-20-11-16/h5-6,8,10-11,13,18H,3-4,7,9,12H2,1-2H3. The van der Waals surface area contributed by atoms with Crippen LogP contribution in [0.15, 0.2) is 36.8 Å². The summed E-state index contributed by atoms with van der Waals surface area (Å²) in [7, 11) is 0. The summed E-state index contributed by atoms with van der Waals surface area (Å²) in [4.78, 5) is 16.1. The number of pyridine rings is 1. The van der Waals surface area contributed by atoms with E-state index in [9.17, 15) is 0 Å². The maximum Gasteiger partial charge on any atom is 0.234 e. The van der Waals surface area contributed by atoms with Crippen molar-refractivity contribution in [2.24, 2.45) is 0 Å². The van der Waals surface area contributed by atoms with Crippen LogP contribution in [0.5, 0.6) is 0 Å². The summed E-state index contributed by atoms with van der Waals surface area (Å²) in [6.07, 6.45) is 9.69. The van der Waals surface area contributed by atoms with Crippen LogP contribution in [0.3, 0.4) is 0 Å². The van der Waals surface area contributed by atoms with Gasteiger partial charge in [-0.05, 0) is 50.9 Å². The Labute approximate surface area is 142 Å². The van der Waals surface area contributed by atoms with E-state index in [2.05, 4.69) is 44.5 Å². The monoisotopic (exact) mass is 321 g/mol. The van der Waals surface area contributed by atoms with Crippen LogP contribution in [-0.2, 0) is 6.54 Å². The van der Waals surface area contributed by atoms with Gasteiger partial charge in [-0.2, -0.15) is 0 Å². The van der Waals surface area contributed by atoms with E-state index < -0.39 is 0 Å². The molecule has 1 aliphatic heterocycles. The topological polar surface area (TPSA) is 46.3 Å². The molecule has 0 N–H and O–H groups in total. The third kappa shape index (κ3) is 2.91. The zero-order chi connectivity index (χ0) is 16.5. The van der Waals surface area contributed by atoms with E-state index in [1.807, 2.05) is 25.4 Å². The van der Waals surface area contributed by atoms with Crippen molar-refractivity contribution in [1.29, 1.82) is 0 Å². The molecule has 3 aromatic heterocycles. The van der Waals surface area contributed by atoms with Gasteiger partial charge in [0.05, 0.1) is 5.69 Å². The van der Waals surface area contributed by atoms with Crippen molar-refractivity contribution >= 4 is 5.78 Å². The molecular weight excluding hydrogens is 298 g/mol. The smallest absolute Gasteiger partial charge is 0.234 e. The Kier molecular flexibility index (Phi) is 4.02. The Balaban J connectivity index is 1.62. The van der Waals surface area contributed by atoms with Gasteiger partial charge in [0.1, 0.15) is 0 Å². The van der Waals surface area contributed by atoms with E-state index in [1.165, 1.54) is 30.5 Å². The molecular formula is C19H23N5. The molecule has 0 bridgehead atoms. The lowest BCUT2D eigenvalue weighted by atomic mass is 9.96. The Bertz CT molecular complexity index is 840. The molecule has 5 heteroatoms. The Hall–Kier alpha value is -2.27. The molecule has 0 aliphatic carbocycles. The molecule has 4 heterocycles. The highest BCUT2D eigenvalue weighted by molar-refractivity contribution is 5.34. The van der Waals surface area contributed by atoms with E-state index in [-0.39, 0.29) is 0 Å². The second-order valence-corrected chi connectivity index (χ2v) is 6.71. The zero-order valence-electron chi connectivity index (χ0n) is 14.3. The number of aromatic nitrogens is 4. The van der Waals surface area contributed by atoms with Crippen molar-refractivity contribution in [3.8, 4) is 0 Å². The van der Waals surface area contributed by atoms with E-state index in [0.29, 0.717) is 6.04 Å². The minimum Gasteiger partial charge on any atom is -0.290 e. The van der Waals surface area contributed by atoms with Crippen molar-refractivity contribution in [2.45, 2.75) is 45.7 Å². The van der Waals surface area contributed by atoms with Gasteiger partial charge in [-0.15, -0.1) is 0 Å². The first-order chi connectivity index (χ1) is 11.7. The van der Waals surface area contributed by atoms with E-state index in [0.717, 1.165) is 30.3 Å².